The predicted octanol–water partition coefficient (Wildman–Crippen LogP) is 1.68. The summed E-state index contributed by atoms with van der Waals surface area (Å²) in [5.74, 6) is -1.62. The molecule has 16 heavy (non-hydrogen) atoms. The molecular weight excluding hydrogens is 236 g/mol. The second-order valence-corrected chi connectivity index (χ2v) is 2.71. The van der Waals surface area contributed by atoms with Gasteiger partial charge in [0.15, 0.2) is 6.61 Å². The Hall–Kier alpha value is -0.720. The summed E-state index contributed by atoms with van der Waals surface area (Å²) < 4.78 is 39.8. The first-order valence-electron chi connectivity index (χ1n) is 3.92. The molecule has 0 spiro atoms. The minimum absolute atomic E-state index is 0. The van der Waals surface area contributed by atoms with E-state index in [9.17, 15) is 18.0 Å². The molecule has 84 valence electrons. The Morgan fingerprint density at radius 2 is 1.88 bits per heavy atom. The van der Waals surface area contributed by atoms with Gasteiger partial charge < -0.3 is 9.84 Å². The van der Waals surface area contributed by atoms with Gasteiger partial charge in [-0.25, -0.2) is 4.79 Å². The molecule has 0 bridgehead atoms. The molecule has 0 fully saturated rings. The molecule has 3 nitrogen and oxygen atoms in total. The van der Waals surface area contributed by atoms with Crippen LogP contribution in [-0.4, -0.2) is 53.4 Å². The Morgan fingerprint density at radius 3 is 2.38 bits per heavy atom. The molecule has 1 N–H and O–H groups in total. The van der Waals surface area contributed by atoms with E-state index in [0.717, 1.165) is 0 Å². The van der Waals surface area contributed by atoms with Crippen LogP contribution in [-0.2, 0) is 0 Å². The topological polar surface area (TPSA) is 46.5 Å². The van der Waals surface area contributed by atoms with Crippen LogP contribution < -0.4 is 4.74 Å². The predicted molar refractivity (Wildman–Crippen MR) is 52.1 cm³/mol. The van der Waals surface area contributed by atoms with Gasteiger partial charge in [-0.15, -0.1) is 0 Å². The third-order valence-corrected chi connectivity index (χ3v) is 1.51. The second kappa shape index (κ2) is 6.12. The van der Waals surface area contributed by atoms with Crippen LogP contribution in [0.5, 0.6) is 5.75 Å². The van der Waals surface area contributed by atoms with Crippen molar-refractivity contribution in [2.75, 3.05) is 6.61 Å². The fourth-order valence-electron chi connectivity index (χ4n) is 0.929. The van der Waals surface area contributed by atoms with Crippen molar-refractivity contribution in [3.05, 3.63) is 29.8 Å². The fourth-order valence-corrected chi connectivity index (χ4v) is 0.929. The summed E-state index contributed by atoms with van der Waals surface area (Å²) in [6.07, 6.45) is -4.48. The second-order valence-electron chi connectivity index (χ2n) is 2.71. The quantitative estimate of drug-likeness (QED) is 0.823. The third-order valence-electron chi connectivity index (χ3n) is 1.51. The number of hydrogen-bond acceptors (Lipinski definition) is 2. The Balaban J connectivity index is 0.00000225. The van der Waals surface area contributed by atoms with Crippen molar-refractivity contribution in [1.82, 2.24) is 0 Å². The van der Waals surface area contributed by atoms with Crippen LogP contribution >= 0.6 is 0 Å². The van der Waals surface area contributed by atoms with Crippen molar-refractivity contribution in [1.29, 1.82) is 0 Å². The molecule has 1 aromatic carbocycles. The molecule has 1 rings (SSSR count). The number of benzene rings is 1. The monoisotopic (exact) mass is 244 g/mol. The number of hydrogen-bond donors (Lipinski definition) is 1. The van der Waals surface area contributed by atoms with Gasteiger partial charge in [0.25, 0.3) is 0 Å². The number of alkyl halides is 3. The van der Waals surface area contributed by atoms with Gasteiger partial charge in [-0.05, 0) is 12.1 Å². The summed E-state index contributed by atoms with van der Waals surface area (Å²) in [5, 5.41) is 8.63. The van der Waals surface area contributed by atoms with Gasteiger partial charge in [-0.3, -0.25) is 0 Å². The average molecular weight is 244 g/mol. The summed E-state index contributed by atoms with van der Waals surface area (Å²) in [4.78, 5) is 10.6. The molecule has 0 amide bonds. The maximum atomic E-state index is 11.8. The SMILES string of the molecule is O=C(O)c1ccccc1OCC(F)(F)F.[NaH]. The molecule has 0 radical (unpaired) electrons. The molecule has 0 heterocycles. The zero-order valence-electron chi connectivity index (χ0n) is 7.41. The summed E-state index contributed by atoms with van der Waals surface area (Å²) in [6.45, 7) is -1.50. The molecule has 0 saturated heterocycles. The van der Waals surface area contributed by atoms with Crippen LogP contribution in [0.4, 0.5) is 13.2 Å². The van der Waals surface area contributed by atoms with Crippen molar-refractivity contribution in [2.45, 2.75) is 6.18 Å². The summed E-state index contributed by atoms with van der Waals surface area (Å²) in [5.41, 5.74) is -0.290. The first-order chi connectivity index (χ1) is 6.90. The van der Waals surface area contributed by atoms with E-state index in [2.05, 4.69) is 4.74 Å². The van der Waals surface area contributed by atoms with E-state index >= 15 is 0 Å². The molecule has 1 aromatic rings. The van der Waals surface area contributed by atoms with Gasteiger partial charge in [0.1, 0.15) is 11.3 Å². The van der Waals surface area contributed by atoms with Crippen LogP contribution in [0.1, 0.15) is 10.4 Å². The summed E-state index contributed by atoms with van der Waals surface area (Å²) >= 11 is 0. The number of ether oxygens (including phenoxy) is 1. The third kappa shape index (κ3) is 4.87. The first kappa shape index (κ1) is 15.3. The van der Waals surface area contributed by atoms with Gasteiger partial charge in [-0.2, -0.15) is 13.2 Å². The minimum atomic E-state index is -4.48. The van der Waals surface area contributed by atoms with Crippen LogP contribution in [0.3, 0.4) is 0 Å². The first-order valence-corrected chi connectivity index (χ1v) is 3.92. The Labute approximate surface area is 112 Å². The Bertz CT molecular complexity index is 365. The zero-order chi connectivity index (χ0) is 11.5. The maximum absolute atomic E-state index is 11.8. The zero-order valence-corrected chi connectivity index (χ0v) is 7.41. The number of aromatic carboxylic acids is 1. The van der Waals surface area contributed by atoms with Crippen molar-refractivity contribution < 1.29 is 27.8 Å². The number of carbonyl (C=O) groups is 1. The van der Waals surface area contributed by atoms with E-state index in [0.29, 0.717) is 0 Å². The van der Waals surface area contributed by atoms with E-state index in [1.807, 2.05) is 0 Å². The van der Waals surface area contributed by atoms with Crippen LogP contribution in [0.25, 0.3) is 0 Å². The molecule has 0 aliphatic heterocycles. The van der Waals surface area contributed by atoms with Crippen molar-refractivity contribution in [3.8, 4) is 5.75 Å². The van der Waals surface area contributed by atoms with Gasteiger partial charge in [0.2, 0.25) is 0 Å². The van der Waals surface area contributed by atoms with Gasteiger partial charge in [-0.1, -0.05) is 12.1 Å². The van der Waals surface area contributed by atoms with Crippen LogP contribution in [0.2, 0.25) is 0 Å². The number of rotatable bonds is 3. The number of carboxylic acids is 1. The number of carboxylic acid groups (broad SMARTS) is 1. The molecule has 0 aliphatic rings. The standard InChI is InChI=1S/C9H7F3O3.Na.H/c10-9(11,12)5-15-7-4-2-1-3-6(7)8(13)14;;/h1-4H,5H2,(H,13,14);;. The van der Waals surface area contributed by atoms with Crippen molar-refractivity contribution in [2.24, 2.45) is 0 Å². The van der Waals surface area contributed by atoms with Gasteiger partial charge in [0, 0.05) is 0 Å². The van der Waals surface area contributed by atoms with Gasteiger partial charge >= 0.3 is 41.7 Å². The van der Waals surface area contributed by atoms with E-state index in [4.69, 9.17) is 5.11 Å². The number of halogens is 3. The molecular formula is C9H8F3NaO3. The fraction of sp³-hybridized carbons (Fsp3) is 0.222. The van der Waals surface area contributed by atoms with Crippen molar-refractivity contribution in [3.63, 3.8) is 0 Å². The molecule has 0 aromatic heterocycles. The van der Waals surface area contributed by atoms with E-state index in [-0.39, 0.29) is 40.9 Å². The van der Waals surface area contributed by atoms with E-state index in [1.165, 1.54) is 24.3 Å². The molecule has 0 unspecified atom stereocenters. The summed E-state index contributed by atoms with van der Waals surface area (Å²) in [6, 6.07) is 5.16. The van der Waals surface area contributed by atoms with Gasteiger partial charge in [0.05, 0.1) is 0 Å². The van der Waals surface area contributed by atoms with Crippen LogP contribution in [0.15, 0.2) is 24.3 Å². The van der Waals surface area contributed by atoms with E-state index < -0.39 is 18.8 Å². The molecule has 7 heteroatoms. The van der Waals surface area contributed by atoms with E-state index in [1.54, 1.807) is 0 Å². The molecule has 0 saturated carbocycles. The number of para-hydroxylation sites is 1. The normalized spacial score (nSPS) is 10.4. The Kier molecular flexibility index (Phi) is 5.85. The molecule has 0 aliphatic carbocycles. The Morgan fingerprint density at radius 1 is 1.31 bits per heavy atom. The average Bonchev–Trinajstić information content (AvgIpc) is 2.14. The van der Waals surface area contributed by atoms with Crippen LogP contribution in [0, 0.1) is 0 Å². The molecule has 0 atom stereocenters. The van der Waals surface area contributed by atoms with Crippen molar-refractivity contribution >= 4 is 35.5 Å². The summed E-state index contributed by atoms with van der Waals surface area (Å²) in [7, 11) is 0.